The smallest absolute Gasteiger partial charge is 0.0775 e. The van der Waals surface area contributed by atoms with Crippen LogP contribution in [0.5, 0.6) is 0 Å². The van der Waals surface area contributed by atoms with Gasteiger partial charge in [-0.25, -0.2) is 0 Å². The molecular formula is C13H22O3S. The maximum absolute atomic E-state index is 10.7. The van der Waals surface area contributed by atoms with Gasteiger partial charge in [-0.1, -0.05) is 0 Å². The van der Waals surface area contributed by atoms with Crippen LogP contribution in [-0.4, -0.2) is 47.6 Å². The molecule has 0 radical (unpaired) electrons. The summed E-state index contributed by atoms with van der Waals surface area (Å²) in [6, 6.07) is 0. The van der Waals surface area contributed by atoms with Crippen LogP contribution in [-0.2, 0) is 9.47 Å². The van der Waals surface area contributed by atoms with E-state index in [0.29, 0.717) is 5.92 Å². The van der Waals surface area contributed by atoms with E-state index in [1.54, 1.807) is 0 Å². The van der Waals surface area contributed by atoms with Gasteiger partial charge in [0.15, 0.2) is 0 Å². The van der Waals surface area contributed by atoms with E-state index < -0.39 is 5.60 Å². The molecule has 3 aliphatic rings. The molecule has 1 N–H and O–H groups in total. The third-order valence-corrected chi connectivity index (χ3v) is 5.89. The van der Waals surface area contributed by atoms with Gasteiger partial charge in [0.2, 0.25) is 0 Å². The van der Waals surface area contributed by atoms with Crippen molar-refractivity contribution in [1.29, 1.82) is 0 Å². The highest BCUT2D eigenvalue weighted by molar-refractivity contribution is 7.99. The standard InChI is InChI=1S/C13H22O3S/c14-13(4-8-17-10-13)11-1-5-16-12(9-11)2-6-15-7-3-12/h11,14H,1-10H2. The Morgan fingerprint density at radius 3 is 2.65 bits per heavy atom. The summed E-state index contributed by atoms with van der Waals surface area (Å²) in [6.07, 6.45) is 5.04. The topological polar surface area (TPSA) is 38.7 Å². The molecule has 0 aliphatic carbocycles. The van der Waals surface area contributed by atoms with Crippen molar-refractivity contribution in [2.45, 2.75) is 43.3 Å². The summed E-state index contributed by atoms with van der Waals surface area (Å²) < 4.78 is 11.5. The van der Waals surface area contributed by atoms with Gasteiger partial charge < -0.3 is 14.6 Å². The third kappa shape index (κ3) is 2.37. The number of hydrogen-bond acceptors (Lipinski definition) is 4. The van der Waals surface area contributed by atoms with Crippen molar-refractivity contribution in [1.82, 2.24) is 0 Å². The average molecular weight is 258 g/mol. The Kier molecular flexibility index (Phi) is 3.41. The minimum absolute atomic E-state index is 0.0180. The summed E-state index contributed by atoms with van der Waals surface area (Å²) in [5.74, 6) is 2.47. The average Bonchev–Trinajstić information content (AvgIpc) is 2.79. The Balaban J connectivity index is 1.70. The van der Waals surface area contributed by atoms with Gasteiger partial charge in [0.25, 0.3) is 0 Å². The van der Waals surface area contributed by atoms with Gasteiger partial charge in [-0.3, -0.25) is 0 Å². The Morgan fingerprint density at radius 1 is 1.12 bits per heavy atom. The molecule has 0 aromatic heterocycles. The number of ether oxygens (including phenoxy) is 2. The largest absolute Gasteiger partial charge is 0.389 e. The summed E-state index contributed by atoms with van der Waals surface area (Å²) in [5, 5.41) is 10.7. The molecule has 0 bridgehead atoms. The predicted molar refractivity (Wildman–Crippen MR) is 68.4 cm³/mol. The first-order chi connectivity index (χ1) is 8.23. The molecule has 0 aromatic rings. The molecular weight excluding hydrogens is 236 g/mol. The minimum Gasteiger partial charge on any atom is -0.389 e. The van der Waals surface area contributed by atoms with Crippen molar-refractivity contribution in [2.75, 3.05) is 31.3 Å². The maximum Gasteiger partial charge on any atom is 0.0775 e. The number of thioether (sulfide) groups is 1. The van der Waals surface area contributed by atoms with E-state index in [9.17, 15) is 5.11 Å². The van der Waals surface area contributed by atoms with Crippen molar-refractivity contribution in [3.63, 3.8) is 0 Å². The summed E-state index contributed by atoms with van der Waals surface area (Å²) in [4.78, 5) is 0. The van der Waals surface area contributed by atoms with E-state index in [1.165, 1.54) is 0 Å². The molecule has 0 amide bonds. The number of aliphatic hydroxyl groups is 1. The van der Waals surface area contributed by atoms with Crippen LogP contribution in [0.3, 0.4) is 0 Å². The SMILES string of the molecule is OC1(C2CCOC3(CCOCC3)C2)CCSC1. The first kappa shape index (κ1) is 12.3. The second-order valence-electron chi connectivity index (χ2n) is 5.74. The van der Waals surface area contributed by atoms with Crippen LogP contribution < -0.4 is 0 Å². The van der Waals surface area contributed by atoms with E-state index in [1.807, 2.05) is 11.8 Å². The first-order valence-electron chi connectivity index (χ1n) is 6.74. The number of rotatable bonds is 1. The molecule has 3 heterocycles. The fourth-order valence-corrected chi connectivity index (χ4v) is 4.85. The molecule has 17 heavy (non-hydrogen) atoms. The van der Waals surface area contributed by atoms with Gasteiger partial charge in [-0.2, -0.15) is 11.8 Å². The van der Waals surface area contributed by atoms with Crippen LogP contribution in [0.15, 0.2) is 0 Å². The molecule has 98 valence electrons. The molecule has 0 saturated carbocycles. The lowest BCUT2D eigenvalue weighted by Gasteiger charge is -2.47. The van der Waals surface area contributed by atoms with Crippen LogP contribution >= 0.6 is 11.8 Å². The van der Waals surface area contributed by atoms with Crippen molar-refractivity contribution in [3.05, 3.63) is 0 Å². The molecule has 3 aliphatic heterocycles. The molecule has 3 rings (SSSR count). The zero-order valence-corrected chi connectivity index (χ0v) is 11.1. The summed E-state index contributed by atoms with van der Waals surface area (Å²) in [6.45, 7) is 2.46. The van der Waals surface area contributed by atoms with Gasteiger partial charge in [-0.15, -0.1) is 0 Å². The van der Waals surface area contributed by atoms with Crippen molar-refractivity contribution >= 4 is 11.8 Å². The minimum atomic E-state index is -0.417. The lowest BCUT2D eigenvalue weighted by molar-refractivity contribution is -0.170. The normalized spacial score (nSPS) is 41.8. The molecule has 4 heteroatoms. The zero-order valence-electron chi connectivity index (χ0n) is 10.3. The van der Waals surface area contributed by atoms with Gasteiger partial charge in [-0.05, 0) is 43.8 Å². The van der Waals surface area contributed by atoms with Gasteiger partial charge >= 0.3 is 0 Å². The van der Waals surface area contributed by atoms with E-state index in [4.69, 9.17) is 9.47 Å². The monoisotopic (exact) mass is 258 g/mol. The second kappa shape index (κ2) is 4.72. The van der Waals surface area contributed by atoms with Crippen molar-refractivity contribution in [3.8, 4) is 0 Å². The van der Waals surface area contributed by atoms with Gasteiger partial charge in [0.05, 0.1) is 11.2 Å². The molecule has 1 spiro atoms. The van der Waals surface area contributed by atoms with Crippen LogP contribution in [0.2, 0.25) is 0 Å². The van der Waals surface area contributed by atoms with Crippen molar-refractivity contribution < 1.29 is 14.6 Å². The highest BCUT2D eigenvalue weighted by Crippen LogP contribution is 2.45. The fraction of sp³-hybridized carbons (Fsp3) is 1.00. The molecule has 2 unspecified atom stereocenters. The predicted octanol–water partition coefficient (Wildman–Crippen LogP) is 1.83. The first-order valence-corrected chi connectivity index (χ1v) is 7.90. The molecule has 3 fully saturated rings. The quantitative estimate of drug-likeness (QED) is 0.779. The highest BCUT2D eigenvalue weighted by Gasteiger charge is 2.47. The van der Waals surface area contributed by atoms with Crippen LogP contribution in [0.4, 0.5) is 0 Å². The summed E-state index contributed by atoms with van der Waals surface area (Å²) in [7, 11) is 0. The van der Waals surface area contributed by atoms with Crippen LogP contribution in [0, 0.1) is 5.92 Å². The maximum atomic E-state index is 10.7. The lowest BCUT2D eigenvalue weighted by atomic mass is 9.73. The fourth-order valence-electron chi connectivity index (χ4n) is 3.47. The summed E-state index contributed by atoms with van der Waals surface area (Å²) in [5.41, 5.74) is -0.399. The van der Waals surface area contributed by atoms with Crippen LogP contribution in [0.25, 0.3) is 0 Å². The third-order valence-electron chi connectivity index (χ3n) is 4.69. The zero-order chi connectivity index (χ0) is 11.8. The van der Waals surface area contributed by atoms with E-state index >= 15 is 0 Å². The Morgan fingerprint density at radius 2 is 1.94 bits per heavy atom. The molecule has 2 atom stereocenters. The van der Waals surface area contributed by atoms with Gasteiger partial charge in [0, 0.05) is 25.6 Å². The Labute approximate surface area is 107 Å². The molecule has 3 saturated heterocycles. The molecule has 3 nitrogen and oxygen atoms in total. The lowest BCUT2D eigenvalue weighted by Crippen LogP contribution is -2.50. The van der Waals surface area contributed by atoms with E-state index in [0.717, 1.165) is 63.4 Å². The molecule has 0 aromatic carbocycles. The summed E-state index contributed by atoms with van der Waals surface area (Å²) >= 11 is 1.89. The van der Waals surface area contributed by atoms with E-state index in [2.05, 4.69) is 0 Å². The van der Waals surface area contributed by atoms with E-state index in [-0.39, 0.29) is 5.60 Å². The highest BCUT2D eigenvalue weighted by atomic mass is 32.2. The second-order valence-corrected chi connectivity index (χ2v) is 6.84. The van der Waals surface area contributed by atoms with Gasteiger partial charge in [0.1, 0.15) is 0 Å². The Hall–Kier alpha value is 0.230. The van der Waals surface area contributed by atoms with Crippen molar-refractivity contribution in [2.24, 2.45) is 5.92 Å². The van der Waals surface area contributed by atoms with Crippen LogP contribution in [0.1, 0.15) is 32.1 Å². The Bertz CT molecular complexity index is 264. The number of hydrogen-bond donors (Lipinski definition) is 1.